The lowest BCUT2D eigenvalue weighted by Gasteiger charge is -2.41. The molecule has 3 heterocycles. The van der Waals surface area contributed by atoms with Gasteiger partial charge in [-0.2, -0.15) is 0 Å². The second kappa shape index (κ2) is 7.05. The third-order valence-corrected chi connectivity index (χ3v) is 5.25. The van der Waals surface area contributed by atoms with Crippen LogP contribution in [0.3, 0.4) is 0 Å². The minimum Gasteiger partial charge on any atom is -0.300 e. The fourth-order valence-electron chi connectivity index (χ4n) is 2.10. The van der Waals surface area contributed by atoms with Gasteiger partial charge in [-0.25, -0.2) is 17.6 Å². The fraction of sp³-hybridized carbons (Fsp3) is 0.500. The normalized spacial score (nSPS) is 24.3. The molecule has 0 unspecified atom stereocenters. The van der Waals surface area contributed by atoms with E-state index in [9.17, 15) is 17.6 Å². The topological polar surface area (TPSA) is 6.48 Å². The Morgan fingerprint density at radius 1 is 0.550 bits per heavy atom. The molecule has 0 N–H and O–H groups in total. The van der Waals surface area contributed by atoms with Crippen LogP contribution in [-0.4, -0.2) is 49.1 Å². The number of piperazine rings is 3. The van der Waals surface area contributed by atoms with Gasteiger partial charge >= 0.3 is 0 Å². The van der Waals surface area contributed by atoms with Crippen LogP contribution in [0.15, 0.2) is 0 Å². The molecule has 8 heteroatoms. The first-order valence-electron chi connectivity index (χ1n) is 6.03. The van der Waals surface area contributed by atoms with Crippen LogP contribution in [0.25, 0.3) is 0 Å². The molecule has 2 nitrogen and oxygen atoms in total. The molecular weight excluding hydrogens is 502 g/mol. The van der Waals surface area contributed by atoms with Gasteiger partial charge in [-0.1, -0.05) is 0 Å². The summed E-state index contributed by atoms with van der Waals surface area (Å²) in [4.78, 5) is 5.08. The molecule has 0 aliphatic carbocycles. The summed E-state index contributed by atoms with van der Waals surface area (Å²) >= 11 is 2.41. The molecule has 0 atom stereocenters. The maximum atomic E-state index is 12.6. The van der Waals surface area contributed by atoms with E-state index in [0.29, 0.717) is 0 Å². The lowest BCUT2D eigenvalue weighted by molar-refractivity contribution is 0.0647. The molecule has 0 spiro atoms. The van der Waals surface area contributed by atoms with Gasteiger partial charge in [-0.15, -0.1) is 0 Å². The van der Waals surface area contributed by atoms with Crippen molar-refractivity contribution in [2.24, 2.45) is 0 Å². The third kappa shape index (κ3) is 3.55. The number of fused-ring (bicyclic) bond motifs is 3. The highest BCUT2D eigenvalue weighted by molar-refractivity contribution is 14.1. The van der Waals surface area contributed by atoms with Crippen molar-refractivity contribution in [1.82, 2.24) is 9.80 Å². The van der Waals surface area contributed by atoms with E-state index in [1.54, 1.807) is 0 Å². The molecule has 20 heavy (non-hydrogen) atoms. The van der Waals surface area contributed by atoms with Crippen LogP contribution in [0.4, 0.5) is 17.6 Å². The van der Waals surface area contributed by atoms with Gasteiger partial charge in [0.1, 0.15) is 0 Å². The Morgan fingerprint density at radius 3 is 0.900 bits per heavy atom. The summed E-state index contributed by atoms with van der Waals surface area (Å²) in [6.07, 6.45) is 0. The number of hydrogen-bond donors (Lipinski definition) is 0. The van der Waals surface area contributed by atoms with Gasteiger partial charge in [0.15, 0.2) is 23.3 Å². The fourth-order valence-corrected chi connectivity index (χ4v) is 3.04. The molecule has 0 radical (unpaired) electrons. The summed E-state index contributed by atoms with van der Waals surface area (Å²) in [5, 5.41) is 0. The first-order valence-corrected chi connectivity index (χ1v) is 8.19. The summed E-state index contributed by atoms with van der Waals surface area (Å²) in [5.74, 6) is -5.39. The highest BCUT2D eigenvalue weighted by Crippen LogP contribution is 2.25. The highest BCUT2D eigenvalue weighted by Gasteiger charge is 2.22. The zero-order valence-electron chi connectivity index (χ0n) is 10.4. The minimum absolute atomic E-state index is 0.664. The van der Waals surface area contributed by atoms with Gasteiger partial charge in [0.25, 0.3) is 0 Å². The molecule has 0 aromatic heterocycles. The van der Waals surface area contributed by atoms with Crippen LogP contribution < -0.4 is 0 Å². The maximum absolute atomic E-state index is 12.6. The zero-order chi connectivity index (χ0) is 14.9. The van der Waals surface area contributed by atoms with Gasteiger partial charge < -0.3 is 0 Å². The van der Waals surface area contributed by atoms with Crippen molar-refractivity contribution in [1.29, 1.82) is 0 Å². The van der Waals surface area contributed by atoms with E-state index >= 15 is 0 Å². The molecule has 3 fully saturated rings. The Hall–Kier alpha value is 0.320. The average molecular weight is 514 g/mol. The van der Waals surface area contributed by atoms with Crippen molar-refractivity contribution < 1.29 is 17.6 Å². The number of rotatable bonds is 0. The largest absolute Gasteiger partial charge is 0.300 e. The van der Waals surface area contributed by atoms with E-state index < -0.39 is 30.4 Å². The second-order valence-corrected chi connectivity index (χ2v) is 6.72. The second-order valence-electron chi connectivity index (χ2n) is 4.57. The van der Waals surface area contributed by atoms with E-state index in [0.717, 1.165) is 0 Å². The predicted molar refractivity (Wildman–Crippen MR) is 84.6 cm³/mol. The molecule has 1 aromatic rings. The number of nitrogens with zero attached hydrogens (tertiary/aromatic N) is 2. The van der Waals surface area contributed by atoms with Gasteiger partial charge in [-0.05, 0) is 45.2 Å². The van der Waals surface area contributed by atoms with Gasteiger partial charge in [0.2, 0.25) is 0 Å². The van der Waals surface area contributed by atoms with Crippen molar-refractivity contribution >= 4 is 45.2 Å². The van der Waals surface area contributed by atoms with Crippen molar-refractivity contribution in [2.45, 2.75) is 0 Å². The number of halogens is 6. The Morgan fingerprint density at radius 2 is 0.750 bits per heavy atom. The van der Waals surface area contributed by atoms with E-state index in [1.807, 2.05) is 0 Å². The standard InChI is InChI=1S/C6F4I2.C6H12N2/c7-1-2(8)6(12)4(10)3(9)5(1)11;1-2-8-5-3-7(1)4-6-8/h;1-6H2. The molecule has 4 rings (SSSR count). The molecule has 3 saturated heterocycles. The van der Waals surface area contributed by atoms with Crippen LogP contribution in [0.1, 0.15) is 0 Å². The molecule has 3 aliphatic heterocycles. The third-order valence-electron chi connectivity index (χ3n) is 3.35. The molecule has 3 aliphatic rings. The quantitative estimate of drug-likeness (QED) is 0.228. The maximum Gasteiger partial charge on any atom is 0.176 e. The Kier molecular flexibility index (Phi) is 5.88. The first kappa shape index (κ1) is 16.7. The lowest BCUT2D eigenvalue weighted by Crippen LogP contribution is -2.55. The van der Waals surface area contributed by atoms with E-state index in [4.69, 9.17) is 0 Å². The van der Waals surface area contributed by atoms with E-state index in [1.165, 1.54) is 84.5 Å². The molecular formula is C12H12F4I2N2. The Bertz CT molecular complexity index is 377. The summed E-state index contributed by atoms with van der Waals surface area (Å²) in [5.41, 5.74) is 0. The summed E-state index contributed by atoms with van der Waals surface area (Å²) in [7, 11) is 0. The average Bonchev–Trinajstić information content (AvgIpc) is 2.52. The van der Waals surface area contributed by atoms with Crippen molar-refractivity contribution in [3.63, 3.8) is 0 Å². The molecule has 2 bridgehead atoms. The summed E-state index contributed by atoms with van der Waals surface area (Å²) < 4.78 is 49.2. The number of benzene rings is 1. The smallest absolute Gasteiger partial charge is 0.176 e. The SMILES string of the molecule is C1CN2CCN1CC2.Fc1c(F)c(I)c(F)c(F)c1I. The van der Waals surface area contributed by atoms with Crippen molar-refractivity contribution in [2.75, 3.05) is 39.3 Å². The molecule has 0 saturated carbocycles. The van der Waals surface area contributed by atoms with Crippen LogP contribution in [0, 0.1) is 30.4 Å². The van der Waals surface area contributed by atoms with Crippen molar-refractivity contribution in [3.05, 3.63) is 30.4 Å². The van der Waals surface area contributed by atoms with Crippen molar-refractivity contribution in [3.8, 4) is 0 Å². The first-order chi connectivity index (χ1) is 9.41. The van der Waals surface area contributed by atoms with Crippen LogP contribution >= 0.6 is 45.2 Å². The van der Waals surface area contributed by atoms with Crippen LogP contribution in [0.2, 0.25) is 0 Å². The van der Waals surface area contributed by atoms with Crippen LogP contribution in [0.5, 0.6) is 0 Å². The zero-order valence-corrected chi connectivity index (χ0v) is 14.7. The van der Waals surface area contributed by atoms with E-state index in [-0.39, 0.29) is 0 Å². The molecule has 1 aromatic carbocycles. The van der Waals surface area contributed by atoms with Gasteiger partial charge in [-0.3, -0.25) is 9.80 Å². The predicted octanol–water partition coefficient (Wildman–Crippen LogP) is 3.07. The lowest BCUT2D eigenvalue weighted by atomic mass is 10.2. The van der Waals surface area contributed by atoms with Gasteiger partial charge in [0, 0.05) is 39.3 Å². The van der Waals surface area contributed by atoms with Gasteiger partial charge in [0.05, 0.1) is 7.14 Å². The Labute approximate surface area is 141 Å². The summed E-state index contributed by atoms with van der Waals surface area (Å²) in [6, 6.07) is 0. The number of hydrogen-bond acceptors (Lipinski definition) is 2. The highest BCUT2D eigenvalue weighted by atomic mass is 127. The molecule has 0 amide bonds. The summed E-state index contributed by atoms with van der Waals surface area (Å²) in [6.45, 7) is 7.92. The monoisotopic (exact) mass is 514 g/mol. The molecule has 112 valence electrons. The Balaban J connectivity index is 0.000000157. The van der Waals surface area contributed by atoms with E-state index in [2.05, 4.69) is 9.80 Å². The minimum atomic E-state index is -1.35. The van der Waals surface area contributed by atoms with Crippen LogP contribution in [-0.2, 0) is 0 Å².